The topological polar surface area (TPSA) is 41.1 Å². The summed E-state index contributed by atoms with van der Waals surface area (Å²) in [5.74, 6) is -0.101. The molecule has 1 aromatic rings. The van der Waals surface area contributed by atoms with Gasteiger partial charge in [0.2, 0.25) is 5.91 Å². The molecule has 0 aliphatic carbocycles. The highest BCUT2D eigenvalue weighted by atomic mass is 32.1. The Morgan fingerprint density at radius 2 is 1.93 bits per heavy atom. The molecule has 5 heteroatoms. The van der Waals surface area contributed by atoms with Gasteiger partial charge >= 0.3 is 0 Å². The van der Waals surface area contributed by atoms with E-state index in [1.165, 1.54) is 6.92 Å². The highest BCUT2D eigenvalue weighted by molar-refractivity contribution is 8.11. The van der Waals surface area contributed by atoms with Gasteiger partial charge in [0.05, 0.1) is 0 Å². The maximum atomic E-state index is 10.8. The van der Waals surface area contributed by atoms with E-state index < -0.39 is 0 Å². The molecule has 14 heavy (non-hydrogen) atoms. The second kappa shape index (κ2) is 4.97. The number of thiocarbonyl (C=S) groups is 1. The molecule has 1 aromatic carbocycles. The lowest BCUT2D eigenvalue weighted by Gasteiger charge is -2.06. The van der Waals surface area contributed by atoms with Crippen LogP contribution >= 0.6 is 24.8 Å². The molecule has 0 heterocycles. The number of anilines is 2. The molecule has 0 radical (unpaired) electrons. The largest absolute Gasteiger partial charge is 0.341 e. The number of hydrogen-bond donors (Lipinski definition) is 3. The molecule has 0 aliphatic heterocycles. The minimum Gasteiger partial charge on any atom is -0.341 e. The van der Waals surface area contributed by atoms with Crippen molar-refractivity contribution in [3.63, 3.8) is 0 Å². The molecule has 3 nitrogen and oxygen atoms in total. The average Bonchev–Trinajstić information content (AvgIpc) is 2.01. The first-order valence-electron chi connectivity index (χ1n) is 3.95. The van der Waals surface area contributed by atoms with Crippen LogP contribution in [0.5, 0.6) is 0 Å². The summed E-state index contributed by atoms with van der Waals surface area (Å²) in [5.41, 5.74) is 1.53. The third-order valence-corrected chi connectivity index (χ3v) is 1.65. The molecule has 1 amide bonds. The monoisotopic (exact) mass is 226 g/mol. The van der Waals surface area contributed by atoms with E-state index in [1.807, 2.05) is 12.1 Å². The van der Waals surface area contributed by atoms with Crippen LogP contribution in [0.2, 0.25) is 0 Å². The summed E-state index contributed by atoms with van der Waals surface area (Å²) < 4.78 is 0.393. The zero-order chi connectivity index (χ0) is 10.6. The van der Waals surface area contributed by atoms with Crippen molar-refractivity contribution in [2.24, 2.45) is 0 Å². The number of carbonyl (C=O) groups is 1. The Morgan fingerprint density at radius 1 is 1.36 bits per heavy atom. The fraction of sp³-hybridized carbons (Fsp3) is 0.111. The van der Waals surface area contributed by atoms with E-state index in [2.05, 4.69) is 23.3 Å². The fourth-order valence-electron chi connectivity index (χ4n) is 1.00. The minimum absolute atomic E-state index is 0.101. The number of amides is 1. The van der Waals surface area contributed by atoms with E-state index in [0.29, 0.717) is 4.32 Å². The molecule has 2 N–H and O–H groups in total. The van der Waals surface area contributed by atoms with Gasteiger partial charge in [-0.3, -0.25) is 4.79 Å². The predicted octanol–water partition coefficient (Wildman–Crippen LogP) is 2.27. The van der Waals surface area contributed by atoms with Crippen LogP contribution < -0.4 is 10.6 Å². The molecule has 0 atom stereocenters. The Balaban J connectivity index is 2.78. The van der Waals surface area contributed by atoms with Crippen molar-refractivity contribution in [2.45, 2.75) is 6.92 Å². The summed E-state index contributed by atoms with van der Waals surface area (Å²) in [7, 11) is 0. The lowest BCUT2D eigenvalue weighted by molar-refractivity contribution is -0.114. The van der Waals surface area contributed by atoms with Crippen LogP contribution in [0.1, 0.15) is 6.92 Å². The molecule has 0 saturated heterocycles. The molecule has 0 unspecified atom stereocenters. The number of benzene rings is 1. The molecular weight excluding hydrogens is 216 g/mol. The molecule has 1 rings (SSSR count). The molecule has 0 aliphatic rings. The van der Waals surface area contributed by atoms with Gasteiger partial charge in [0.15, 0.2) is 0 Å². The Labute approximate surface area is 93.3 Å². The second-order valence-corrected chi connectivity index (χ2v) is 3.85. The van der Waals surface area contributed by atoms with E-state index in [1.54, 1.807) is 12.1 Å². The highest BCUT2D eigenvalue weighted by Gasteiger charge is 1.97. The maximum Gasteiger partial charge on any atom is 0.221 e. The molecular formula is C9H10N2OS2. The normalized spacial score (nSPS) is 9.29. The van der Waals surface area contributed by atoms with Crippen molar-refractivity contribution < 1.29 is 4.79 Å². The average molecular weight is 226 g/mol. The van der Waals surface area contributed by atoms with Crippen molar-refractivity contribution in [3.8, 4) is 0 Å². The minimum atomic E-state index is -0.101. The molecule has 0 aromatic heterocycles. The zero-order valence-corrected chi connectivity index (χ0v) is 9.28. The van der Waals surface area contributed by atoms with Crippen LogP contribution in [0.3, 0.4) is 0 Å². The van der Waals surface area contributed by atoms with Crippen molar-refractivity contribution in [1.82, 2.24) is 0 Å². The summed E-state index contributed by atoms with van der Waals surface area (Å²) in [6.45, 7) is 1.46. The molecule has 0 fully saturated rings. The lowest BCUT2D eigenvalue weighted by atomic mass is 10.3. The summed E-state index contributed by atoms with van der Waals surface area (Å²) in [6, 6.07) is 7.24. The summed E-state index contributed by atoms with van der Waals surface area (Å²) in [4.78, 5) is 10.8. The molecule has 0 bridgehead atoms. The number of rotatable bonds is 2. The van der Waals surface area contributed by atoms with Crippen LogP contribution in [-0.4, -0.2) is 10.2 Å². The predicted molar refractivity (Wildman–Crippen MR) is 66.0 cm³/mol. The van der Waals surface area contributed by atoms with Gasteiger partial charge in [0, 0.05) is 18.3 Å². The third kappa shape index (κ3) is 3.76. The van der Waals surface area contributed by atoms with Gasteiger partial charge in [-0.2, -0.15) is 0 Å². The SMILES string of the molecule is CC(=O)Nc1cccc(NC(=S)S)c1. The smallest absolute Gasteiger partial charge is 0.221 e. The number of hydrogen-bond acceptors (Lipinski definition) is 2. The number of carbonyl (C=O) groups excluding carboxylic acids is 1. The summed E-state index contributed by atoms with van der Waals surface area (Å²) in [6.07, 6.45) is 0. The van der Waals surface area contributed by atoms with E-state index in [0.717, 1.165) is 11.4 Å². The Hall–Kier alpha value is -1.07. The Morgan fingerprint density at radius 3 is 2.43 bits per heavy atom. The van der Waals surface area contributed by atoms with Gasteiger partial charge in [0.25, 0.3) is 0 Å². The first kappa shape index (κ1) is 11.0. The third-order valence-electron chi connectivity index (χ3n) is 1.43. The molecule has 74 valence electrons. The van der Waals surface area contributed by atoms with Crippen molar-refractivity contribution in [3.05, 3.63) is 24.3 Å². The first-order chi connectivity index (χ1) is 6.58. The Kier molecular flexibility index (Phi) is 3.91. The van der Waals surface area contributed by atoms with Gasteiger partial charge in [-0.05, 0) is 18.2 Å². The summed E-state index contributed by atoms with van der Waals surface area (Å²) in [5, 5.41) is 5.53. The van der Waals surface area contributed by atoms with Gasteiger partial charge < -0.3 is 10.6 Å². The number of thiol groups is 1. The van der Waals surface area contributed by atoms with Crippen LogP contribution in [0.15, 0.2) is 24.3 Å². The van der Waals surface area contributed by atoms with Crippen LogP contribution in [0.25, 0.3) is 0 Å². The Bertz CT molecular complexity index is 334. The van der Waals surface area contributed by atoms with Crippen molar-refractivity contribution >= 4 is 46.4 Å². The van der Waals surface area contributed by atoms with Crippen molar-refractivity contribution in [2.75, 3.05) is 10.6 Å². The van der Waals surface area contributed by atoms with Gasteiger partial charge in [0.1, 0.15) is 4.32 Å². The first-order valence-corrected chi connectivity index (χ1v) is 4.81. The molecule has 0 saturated carbocycles. The van der Waals surface area contributed by atoms with Crippen LogP contribution in [0, 0.1) is 0 Å². The van der Waals surface area contributed by atoms with E-state index in [9.17, 15) is 4.79 Å². The lowest BCUT2D eigenvalue weighted by Crippen LogP contribution is -2.06. The quantitative estimate of drug-likeness (QED) is 0.535. The second-order valence-electron chi connectivity index (χ2n) is 2.69. The van der Waals surface area contributed by atoms with Crippen LogP contribution in [0.4, 0.5) is 11.4 Å². The van der Waals surface area contributed by atoms with E-state index in [4.69, 9.17) is 12.2 Å². The van der Waals surface area contributed by atoms with Gasteiger partial charge in [-0.25, -0.2) is 0 Å². The maximum absolute atomic E-state index is 10.8. The number of nitrogens with one attached hydrogen (secondary N) is 2. The highest BCUT2D eigenvalue weighted by Crippen LogP contribution is 2.15. The summed E-state index contributed by atoms with van der Waals surface area (Å²) >= 11 is 8.72. The zero-order valence-electron chi connectivity index (χ0n) is 7.57. The van der Waals surface area contributed by atoms with Gasteiger partial charge in [-0.15, -0.1) is 12.6 Å². The van der Waals surface area contributed by atoms with E-state index in [-0.39, 0.29) is 5.91 Å². The standard InChI is InChI=1S/C9H10N2OS2/c1-6(12)10-7-3-2-4-8(5-7)11-9(13)14/h2-5H,1H3,(H,10,12)(H2,11,13,14). The van der Waals surface area contributed by atoms with E-state index >= 15 is 0 Å². The van der Waals surface area contributed by atoms with Crippen LogP contribution in [-0.2, 0) is 4.79 Å². The fourth-order valence-corrected chi connectivity index (χ4v) is 1.25. The van der Waals surface area contributed by atoms with Crippen molar-refractivity contribution in [1.29, 1.82) is 0 Å². The van der Waals surface area contributed by atoms with Gasteiger partial charge in [-0.1, -0.05) is 18.3 Å². The molecule has 0 spiro atoms.